The van der Waals surface area contributed by atoms with Crippen LogP contribution in [0.1, 0.15) is 73.5 Å². The minimum Gasteiger partial charge on any atom is -0.490 e. The molecule has 1 aliphatic carbocycles. The molecule has 54 heavy (non-hydrogen) atoms. The highest BCUT2D eigenvalue weighted by Crippen LogP contribution is 2.46. The Morgan fingerprint density at radius 1 is 1.00 bits per heavy atom. The zero-order valence-electron chi connectivity index (χ0n) is 30.9. The van der Waals surface area contributed by atoms with Crippen molar-refractivity contribution in [2.45, 2.75) is 81.8 Å². The summed E-state index contributed by atoms with van der Waals surface area (Å²) >= 11 is 0. The van der Waals surface area contributed by atoms with Gasteiger partial charge in [-0.2, -0.15) is 13.2 Å². The second-order valence-electron chi connectivity index (χ2n) is 14.8. The molecule has 9 nitrogen and oxygen atoms in total. The Balaban J connectivity index is 1.42. The molecule has 0 atom stereocenters. The second-order valence-corrected chi connectivity index (χ2v) is 17.1. The fraction of sp³-hybridized carbons (Fsp3) is 0.463. The normalized spacial score (nSPS) is 18.6. The van der Waals surface area contributed by atoms with Gasteiger partial charge in [-0.05, 0) is 76.4 Å². The summed E-state index contributed by atoms with van der Waals surface area (Å²) in [6.07, 6.45) is -1.82. The lowest BCUT2D eigenvalue weighted by molar-refractivity contribution is -0.137. The fourth-order valence-corrected chi connectivity index (χ4v) is 8.83. The van der Waals surface area contributed by atoms with E-state index in [0.717, 1.165) is 43.6 Å². The molecule has 3 heterocycles. The summed E-state index contributed by atoms with van der Waals surface area (Å²) in [4.78, 5) is 24.6. The summed E-state index contributed by atoms with van der Waals surface area (Å²) in [5.41, 5.74) is 0.830. The van der Waals surface area contributed by atoms with E-state index in [1.807, 2.05) is 30.3 Å². The van der Waals surface area contributed by atoms with Crippen molar-refractivity contribution in [3.8, 4) is 17.0 Å². The highest BCUT2D eigenvalue weighted by molar-refractivity contribution is 7.91. The molecule has 7 rings (SSSR count). The molecule has 0 radical (unpaired) electrons. The van der Waals surface area contributed by atoms with Gasteiger partial charge in [-0.15, -0.1) is 0 Å². The quantitative estimate of drug-likeness (QED) is 0.171. The van der Waals surface area contributed by atoms with Crippen molar-refractivity contribution < 1.29 is 35.9 Å². The fourth-order valence-electron chi connectivity index (χ4n) is 7.81. The van der Waals surface area contributed by atoms with Crippen LogP contribution in [0.2, 0.25) is 0 Å². The molecule has 2 aliphatic heterocycles. The van der Waals surface area contributed by atoms with Crippen LogP contribution in [0.15, 0.2) is 71.6 Å². The number of nitrogens with zero attached hydrogens (tertiary/aromatic N) is 3. The minimum atomic E-state index is -4.61. The van der Waals surface area contributed by atoms with E-state index in [1.54, 1.807) is 26.8 Å². The molecule has 2 saturated heterocycles. The van der Waals surface area contributed by atoms with Crippen LogP contribution in [0.25, 0.3) is 22.2 Å². The van der Waals surface area contributed by atoms with Gasteiger partial charge in [0.15, 0.2) is 9.84 Å². The summed E-state index contributed by atoms with van der Waals surface area (Å²) in [7, 11) is -3.85. The van der Waals surface area contributed by atoms with Crippen molar-refractivity contribution in [3.05, 3.63) is 89.0 Å². The number of nitrogens with one attached hydrogen (secondary N) is 1. The lowest BCUT2D eigenvalue weighted by atomic mass is 9.93. The van der Waals surface area contributed by atoms with E-state index in [-0.39, 0.29) is 51.4 Å². The molecule has 288 valence electrons. The standard InChI is InChI=1S/C41H47F3N4O5S/c1-4-54(50,51)36-24-32-34(25-35(36)53-27(2)3)45-38(28-9-8-12-30(23-28)41(42,43)44)33(26-47-17-13-31(14-18-47)48-19-21-52-22-20-48)37(32)39(49)46-40(15-16-40)29-10-6-5-7-11-29/h5-12,23-25,27,31H,4,13-22,26H2,1-3H3,(H,46,49). The molecule has 0 spiro atoms. The van der Waals surface area contributed by atoms with Crippen LogP contribution in [0, 0.1) is 0 Å². The van der Waals surface area contributed by atoms with Crippen LogP contribution < -0.4 is 10.1 Å². The molecule has 3 aromatic carbocycles. The molecule has 1 N–H and O–H groups in total. The van der Waals surface area contributed by atoms with Gasteiger partial charge in [0.25, 0.3) is 5.91 Å². The van der Waals surface area contributed by atoms with E-state index < -0.39 is 33.0 Å². The predicted octanol–water partition coefficient (Wildman–Crippen LogP) is 7.22. The van der Waals surface area contributed by atoms with E-state index in [1.165, 1.54) is 18.2 Å². The zero-order chi connectivity index (χ0) is 38.3. The first-order valence-corrected chi connectivity index (χ1v) is 20.4. The number of ether oxygens (including phenoxy) is 2. The molecule has 1 aromatic heterocycles. The number of alkyl halides is 3. The second kappa shape index (κ2) is 15.2. The van der Waals surface area contributed by atoms with Gasteiger partial charge >= 0.3 is 6.18 Å². The number of amides is 1. The van der Waals surface area contributed by atoms with Gasteiger partial charge in [0.05, 0.1) is 52.9 Å². The molecular formula is C41H47F3N4O5S. The molecule has 0 bridgehead atoms. The Morgan fingerprint density at radius 3 is 2.33 bits per heavy atom. The van der Waals surface area contributed by atoms with Crippen molar-refractivity contribution in [3.63, 3.8) is 0 Å². The number of benzene rings is 3. The number of morpholine rings is 1. The number of piperidine rings is 1. The van der Waals surface area contributed by atoms with Crippen molar-refractivity contribution in [1.29, 1.82) is 0 Å². The van der Waals surface area contributed by atoms with Crippen LogP contribution in [0.5, 0.6) is 5.75 Å². The van der Waals surface area contributed by atoms with Gasteiger partial charge in [-0.3, -0.25) is 14.6 Å². The molecular weight excluding hydrogens is 718 g/mol. The van der Waals surface area contributed by atoms with Gasteiger partial charge in [0.1, 0.15) is 10.6 Å². The molecule has 3 fully saturated rings. The van der Waals surface area contributed by atoms with E-state index in [2.05, 4.69) is 15.1 Å². The third-order valence-electron chi connectivity index (χ3n) is 10.8. The monoisotopic (exact) mass is 764 g/mol. The molecule has 0 unspecified atom stereocenters. The number of hydrogen-bond acceptors (Lipinski definition) is 8. The summed E-state index contributed by atoms with van der Waals surface area (Å²) in [5, 5.41) is 3.59. The maximum absolute atomic E-state index is 15.0. The average molecular weight is 765 g/mol. The van der Waals surface area contributed by atoms with Gasteiger partial charge in [-0.25, -0.2) is 13.4 Å². The smallest absolute Gasteiger partial charge is 0.416 e. The number of fused-ring (bicyclic) bond motifs is 1. The summed E-state index contributed by atoms with van der Waals surface area (Å²) in [6, 6.07) is 18.0. The number of carbonyl (C=O) groups is 1. The van der Waals surface area contributed by atoms with Crippen LogP contribution in [-0.4, -0.2) is 86.4 Å². The minimum absolute atomic E-state index is 0.0599. The van der Waals surface area contributed by atoms with Crippen LogP contribution in [0.4, 0.5) is 13.2 Å². The summed E-state index contributed by atoms with van der Waals surface area (Å²) in [6.45, 7) is 9.87. The number of carbonyl (C=O) groups excluding carboxylic acids is 1. The average Bonchev–Trinajstić information content (AvgIpc) is 3.95. The van der Waals surface area contributed by atoms with Gasteiger partial charge in [0, 0.05) is 48.3 Å². The number of hydrogen-bond donors (Lipinski definition) is 1. The van der Waals surface area contributed by atoms with Crippen molar-refractivity contribution in [2.24, 2.45) is 0 Å². The summed E-state index contributed by atoms with van der Waals surface area (Å²) < 4.78 is 81.2. The highest BCUT2D eigenvalue weighted by Gasteiger charge is 2.46. The van der Waals surface area contributed by atoms with E-state index >= 15 is 0 Å². The first-order valence-electron chi connectivity index (χ1n) is 18.8. The van der Waals surface area contributed by atoms with Gasteiger partial charge < -0.3 is 14.8 Å². The Labute approximate surface area is 314 Å². The van der Waals surface area contributed by atoms with E-state index in [4.69, 9.17) is 14.5 Å². The first-order chi connectivity index (χ1) is 25.8. The Bertz CT molecular complexity index is 2110. The maximum Gasteiger partial charge on any atom is 0.416 e. The summed E-state index contributed by atoms with van der Waals surface area (Å²) in [5.74, 6) is -0.562. The largest absolute Gasteiger partial charge is 0.490 e. The van der Waals surface area contributed by atoms with Crippen LogP contribution >= 0.6 is 0 Å². The number of rotatable bonds is 11. The zero-order valence-corrected chi connectivity index (χ0v) is 31.7. The Kier molecular flexibility index (Phi) is 10.8. The van der Waals surface area contributed by atoms with Crippen molar-refractivity contribution in [2.75, 3.05) is 45.1 Å². The Morgan fingerprint density at radius 2 is 1.70 bits per heavy atom. The van der Waals surface area contributed by atoms with E-state index in [0.29, 0.717) is 56.1 Å². The molecule has 1 amide bonds. The Hall–Kier alpha value is -4.04. The molecule has 4 aromatic rings. The molecule has 13 heteroatoms. The first kappa shape index (κ1) is 38.2. The van der Waals surface area contributed by atoms with Crippen LogP contribution in [0.3, 0.4) is 0 Å². The third kappa shape index (κ3) is 8.00. The SMILES string of the molecule is CCS(=O)(=O)c1cc2c(C(=O)NC3(c4ccccc4)CC3)c(CN3CCC(N4CCOCC4)CC3)c(-c3cccc(C(F)(F)F)c3)nc2cc1OC(C)C. The van der Waals surface area contributed by atoms with Gasteiger partial charge in [-0.1, -0.05) is 49.4 Å². The third-order valence-corrected chi connectivity index (χ3v) is 12.6. The van der Waals surface area contributed by atoms with Crippen molar-refractivity contribution >= 4 is 26.6 Å². The lowest BCUT2D eigenvalue weighted by Crippen LogP contribution is -2.48. The molecule has 3 aliphatic rings. The number of pyridine rings is 1. The van der Waals surface area contributed by atoms with Crippen LogP contribution in [-0.2, 0) is 32.8 Å². The maximum atomic E-state index is 15.0. The number of sulfone groups is 1. The van der Waals surface area contributed by atoms with Crippen molar-refractivity contribution in [1.82, 2.24) is 20.1 Å². The highest BCUT2D eigenvalue weighted by atomic mass is 32.2. The number of halogens is 3. The predicted molar refractivity (Wildman–Crippen MR) is 201 cm³/mol. The topological polar surface area (TPSA) is 101 Å². The van der Waals surface area contributed by atoms with Gasteiger partial charge in [0.2, 0.25) is 0 Å². The number of likely N-dealkylation sites (tertiary alicyclic amines) is 1. The van der Waals surface area contributed by atoms with E-state index in [9.17, 15) is 26.4 Å². The number of aromatic nitrogens is 1. The lowest BCUT2D eigenvalue weighted by Gasteiger charge is -2.40. The molecule has 1 saturated carbocycles.